The van der Waals surface area contributed by atoms with E-state index in [4.69, 9.17) is 16.7 Å². The summed E-state index contributed by atoms with van der Waals surface area (Å²) >= 11 is 6.00. The van der Waals surface area contributed by atoms with Crippen LogP contribution in [0.4, 0.5) is 23.2 Å². The molecule has 0 unspecified atom stereocenters. The molecule has 3 aromatic rings. The number of hydrogen-bond donors (Lipinski definition) is 2. The molecule has 0 aliphatic heterocycles. The Morgan fingerprint density at radius 2 is 1.77 bits per heavy atom. The van der Waals surface area contributed by atoms with Gasteiger partial charge < -0.3 is 10.4 Å². The number of carboxylic acids is 1. The number of amides is 1. The van der Waals surface area contributed by atoms with Crippen LogP contribution in [-0.4, -0.2) is 22.0 Å². The number of carboxylic acid groups (broad SMARTS) is 1. The van der Waals surface area contributed by atoms with E-state index in [1.165, 1.54) is 18.2 Å². The summed E-state index contributed by atoms with van der Waals surface area (Å²) in [5.41, 5.74) is -2.37. The number of rotatable bonds is 4. The van der Waals surface area contributed by atoms with Crippen LogP contribution in [0.3, 0.4) is 0 Å². The molecule has 2 N–H and O–H groups in total. The molecule has 0 fully saturated rings. The first-order valence-corrected chi connectivity index (χ1v) is 8.62. The molecule has 0 radical (unpaired) electrons. The largest absolute Gasteiger partial charge is 0.477 e. The Morgan fingerprint density at radius 3 is 2.33 bits per heavy atom. The Morgan fingerprint density at radius 1 is 1.03 bits per heavy atom. The summed E-state index contributed by atoms with van der Waals surface area (Å²) in [6, 6.07) is 8.49. The average Bonchev–Trinajstić information content (AvgIpc) is 2.67. The molecule has 154 valence electrons. The second-order valence-electron chi connectivity index (χ2n) is 6.04. The SMILES string of the molecule is O=C(O)c1ccc(NC(=O)c2c(-c3ccc(F)cc3Cl)cccc2C(F)(F)F)cn1. The Balaban J connectivity index is 2.11. The zero-order chi connectivity index (χ0) is 22.1. The number of aromatic carboxylic acids is 1. The minimum absolute atomic E-state index is 0.0156. The zero-order valence-corrected chi connectivity index (χ0v) is 15.6. The molecule has 0 saturated heterocycles. The Kier molecular flexibility index (Phi) is 5.75. The maximum Gasteiger partial charge on any atom is 0.417 e. The van der Waals surface area contributed by atoms with Crippen molar-refractivity contribution in [1.29, 1.82) is 0 Å². The maximum absolute atomic E-state index is 13.6. The number of anilines is 1. The van der Waals surface area contributed by atoms with Gasteiger partial charge in [-0.2, -0.15) is 13.2 Å². The fraction of sp³-hybridized carbons (Fsp3) is 0.0500. The number of carbonyl (C=O) groups excluding carboxylic acids is 1. The molecule has 0 aliphatic rings. The average molecular weight is 439 g/mol. The van der Waals surface area contributed by atoms with E-state index in [-0.39, 0.29) is 27.5 Å². The van der Waals surface area contributed by atoms with Crippen LogP contribution in [0.5, 0.6) is 0 Å². The van der Waals surface area contributed by atoms with Crippen LogP contribution in [0.15, 0.2) is 54.7 Å². The molecule has 0 saturated carbocycles. The number of benzene rings is 2. The Hall–Kier alpha value is -3.46. The predicted molar refractivity (Wildman–Crippen MR) is 101 cm³/mol. The lowest BCUT2D eigenvalue weighted by Gasteiger charge is -2.17. The van der Waals surface area contributed by atoms with Crippen molar-refractivity contribution in [3.05, 3.63) is 82.4 Å². The topological polar surface area (TPSA) is 79.3 Å². The van der Waals surface area contributed by atoms with Gasteiger partial charge in [-0.05, 0) is 42.0 Å². The molecule has 0 atom stereocenters. The van der Waals surface area contributed by atoms with Crippen molar-refractivity contribution >= 4 is 29.2 Å². The number of halogens is 5. The lowest BCUT2D eigenvalue weighted by atomic mass is 9.94. The second-order valence-corrected chi connectivity index (χ2v) is 6.45. The minimum atomic E-state index is -4.86. The molecule has 1 aromatic heterocycles. The second kappa shape index (κ2) is 8.11. The highest BCUT2D eigenvalue weighted by Crippen LogP contribution is 2.39. The van der Waals surface area contributed by atoms with Gasteiger partial charge in [-0.15, -0.1) is 0 Å². The van der Waals surface area contributed by atoms with Crippen LogP contribution in [0, 0.1) is 5.82 Å². The Labute approximate surface area is 171 Å². The molecule has 0 bridgehead atoms. The molecule has 30 heavy (non-hydrogen) atoms. The number of pyridine rings is 1. The Bertz CT molecular complexity index is 1130. The fourth-order valence-corrected chi connectivity index (χ4v) is 3.02. The first-order valence-electron chi connectivity index (χ1n) is 8.24. The van der Waals surface area contributed by atoms with E-state index < -0.39 is 35.0 Å². The molecule has 3 rings (SSSR count). The van der Waals surface area contributed by atoms with E-state index >= 15 is 0 Å². The van der Waals surface area contributed by atoms with Crippen LogP contribution in [0.2, 0.25) is 5.02 Å². The van der Waals surface area contributed by atoms with Crippen LogP contribution in [0.1, 0.15) is 26.4 Å². The number of nitrogens with zero attached hydrogens (tertiary/aromatic N) is 1. The molecule has 10 heteroatoms. The summed E-state index contributed by atoms with van der Waals surface area (Å²) in [5, 5.41) is 11.0. The maximum atomic E-state index is 13.6. The summed E-state index contributed by atoms with van der Waals surface area (Å²) in [6.45, 7) is 0. The van der Waals surface area contributed by atoms with E-state index in [1.54, 1.807) is 0 Å². The highest BCUT2D eigenvalue weighted by atomic mass is 35.5. The normalized spacial score (nSPS) is 11.2. The van der Waals surface area contributed by atoms with E-state index in [1.807, 2.05) is 0 Å². The monoisotopic (exact) mass is 438 g/mol. The van der Waals surface area contributed by atoms with Crippen molar-refractivity contribution in [2.24, 2.45) is 0 Å². The summed E-state index contributed by atoms with van der Waals surface area (Å²) in [6.07, 6.45) is -3.86. The first kappa shape index (κ1) is 21.3. The van der Waals surface area contributed by atoms with Gasteiger partial charge >= 0.3 is 12.1 Å². The van der Waals surface area contributed by atoms with Crippen LogP contribution >= 0.6 is 11.6 Å². The van der Waals surface area contributed by atoms with Gasteiger partial charge in [0, 0.05) is 5.56 Å². The molecule has 0 aliphatic carbocycles. The van der Waals surface area contributed by atoms with Gasteiger partial charge in [0.15, 0.2) is 0 Å². The van der Waals surface area contributed by atoms with Gasteiger partial charge in [-0.1, -0.05) is 23.7 Å². The van der Waals surface area contributed by atoms with Crippen molar-refractivity contribution < 1.29 is 32.3 Å². The van der Waals surface area contributed by atoms with Gasteiger partial charge in [-0.3, -0.25) is 4.79 Å². The highest BCUT2D eigenvalue weighted by Gasteiger charge is 2.37. The number of nitrogens with one attached hydrogen (secondary N) is 1. The minimum Gasteiger partial charge on any atom is -0.477 e. The van der Waals surface area contributed by atoms with E-state index in [9.17, 15) is 27.2 Å². The van der Waals surface area contributed by atoms with Crippen LogP contribution in [-0.2, 0) is 6.18 Å². The number of aromatic nitrogens is 1. The summed E-state index contributed by atoms with van der Waals surface area (Å²) < 4.78 is 54.2. The smallest absolute Gasteiger partial charge is 0.417 e. The number of alkyl halides is 3. The molecule has 5 nitrogen and oxygen atoms in total. The van der Waals surface area contributed by atoms with Crippen LogP contribution in [0.25, 0.3) is 11.1 Å². The summed E-state index contributed by atoms with van der Waals surface area (Å²) in [4.78, 5) is 27.3. The van der Waals surface area contributed by atoms with Gasteiger partial charge in [0.2, 0.25) is 0 Å². The van der Waals surface area contributed by atoms with Gasteiger partial charge in [0.1, 0.15) is 11.5 Å². The summed E-state index contributed by atoms with van der Waals surface area (Å²) in [7, 11) is 0. The third-order valence-electron chi connectivity index (χ3n) is 4.06. The van der Waals surface area contributed by atoms with E-state index in [0.717, 1.165) is 36.5 Å². The fourth-order valence-electron chi connectivity index (χ4n) is 2.75. The number of hydrogen-bond acceptors (Lipinski definition) is 3. The van der Waals surface area contributed by atoms with Crippen molar-refractivity contribution in [2.45, 2.75) is 6.18 Å². The predicted octanol–water partition coefficient (Wildman–Crippen LogP) is 5.51. The highest BCUT2D eigenvalue weighted by molar-refractivity contribution is 6.33. The van der Waals surface area contributed by atoms with E-state index in [0.29, 0.717) is 0 Å². The molecular formula is C20H11ClF4N2O3. The first-order chi connectivity index (χ1) is 14.1. The lowest BCUT2D eigenvalue weighted by molar-refractivity contribution is -0.137. The third kappa shape index (κ3) is 4.41. The van der Waals surface area contributed by atoms with Gasteiger partial charge in [0.05, 0.1) is 28.0 Å². The molecule has 0 spiro atoms. The third-order valence-corrected chi connectivity index (χ3v) is 4.37. The molecule has 1 heterocycles. The van der Waals surface area contributed by atoms with Crippen LogP contribution < -0.4 is 5.32 Å². The van der Waals surface area contributed by atoms with Gasteiger partial charge in [-0.25, -0.2) is 14.2 Å². The molecule has 1 amide bonds. The number of carbonyl (C=O) groups is 2. The summed E-state index contributed by atoms with van der Waals surface area (Å²) in [5.74, 6) is -3.11. The van der Waals surface area contributed by atoms with Crippen molar-refractivity contribution in [1.82, 2.24) is 4.98 Å². The van der Waals surface area contributed by atoms with Crippen molar-refractivity contribution in [2.75, 3.05) is 5.32 Å². The molecular weight excluding hydrogens is 428 g/mol. The van der Waals surface area contributed by atoms with Crippen molar-refractivity contribution in [3.8, 4) is 11.1 Å². The quantitative estimate of drug-likeness (QED) is 0.526. The van der Waals surface area contributed by atoms with Crippen molar-refractivity contribution in [3.63, 3.8) is 0 Å². The molecule has 2 aromatic carbocycles. The zero-order valence-electron chi connectivity index (χ0n) is 14.8. The standard InChI is InChI=1S/C20H11ClF4N2O3/c21-15-8-10(22)4-6-12(15)13-2-1-3-14(20(23,24)25)17(13)18(28)27-11-5-7-16(19(29)30)26-9-11/h1-9H,(H,27,28)(H,29,30). The van der Waals surface area contributed by atoms with Gasteiger partial charge in [0.25, 0.3) is 5.91 Å². The lowest BCUT2D eigenvalue weighted by Crippen LogP contribution is -2.20. The van der Waals surface area contributed by atoms with E-state index in [2.05, 4.69) is 10.3 Å².